The zero-order valence-electron chi connectivity index (χ0n) is 15.0. The molecule has 0 saturated heterocycles. The normalized spacial score (nSPS) is 10.6. The van der Waals surface area contributed by atoms with E-state index in [2.05, 4.69) is 20.7 Å². The van der Waals surface area contributed by atoms with Crippen LogP contribution in [0.4, 0.5) is 5.82 Å². The number of halogens is 1. The van der Waals surface area contributed by atoms with Gasteiger partial charge in [-0.3, -0.25) is 9.89 Å². The van der Waals surface area contributed by atoms with Crippen molar-refractivity contribution >= 4 is 23.3 Å². The molecular formula is C19H19ClN6O2. The van der Waals surface area contributed by atoms with Gasteiger partial charge in [0.15, 0.2) is 17.3 Å². The van der Waals surface area contributed by atoms with E-state index in [4.69, 9.17) is 27.1 Å². The van der Waals surface area contributed by atoms with Gasteiger partial charge in [-0.25, -0.2) is 0 Å². The first-order valence-corrected chi connectivity index (χ1v) is 9.20. The lowest BCUT2D eigenvalue weighted by molar-refractivity contribution is 0.0944. The van der Waals surface area contributed by atoms with Gasteiger partial charge in [-0.05, 0) is 43.5 Å². The van der Waals surface area contributed by atoms with E-state index in [1.807, 2.05) is 6.07 Å². The third kappa shape index (κ3) is 4.69. The van der Waals surface area contributed by atoms with Crippen LogP contribution >= 0.6 is 11.6 Å². The van der Waals surface area contributed by atoms with Crippen LogP contribution in [0.2, 0.25) is 5.02 Å². The number of H-pyrrole nitrogens is 1. The van der Waals surface area contributed by atoms with Gasteiger partial charge in [-0.2, -0.15) is 10.4 Å². The lowest BCUT2D eigenvalue weighted by Crippen LogP contribution is -2.24. The summed E-state index contributed by atoms with van der Waals surface area (Å²) in [5, 5.41) is 22.9. The van der Waals surface area contributed by atoms with Crippen LogP contribution in [-0.4, -0.2) is 27.8 Å². The van der Waals surface area contributed by atoms with Gasteiger partial charge in [0.25, 0.3) is 5.91 Å². The van der Waals surface area contributed by atoms with E-state index >= 15 is 0 Å². The van der Waals surface area contributed by atoms with Crippen molar-refractivity contribution in [1.82, 2.24) is 20.7 Å². The zero-order valence-corrected chi connectivity index (χ0v) is 15.8. The number of nitrogen functional groups attached to an aromatic ring is 1. The smallest absolute Gasteiger partial charge is 0.273 e. The Hall–Kier alpha value is -3.31. The predicted octanol–water partition coefficient (Wildman–Crippen LogP) is 3.31. The third-order valence-corrected chi connectivity index (χ3v) is 4.49. The first-order valence-electron chi connectivity index (χ1n) is 8.82. The predicted molar refractivity (Wildman–Crippen MR) is 105 cm³/mol. The van der Waals surface area contributed by atoms with E-state index in [1.54, 1.807) is 30.3 Å². The molecule has 0 radical (unpaired) electrons. The molecule has 4 N–H and O–H groups in total. The molecule has 1 aromatic carbocycles. The second kappa shape index (κ2) is 9.06. The Labute approximate surface area is 166 Å². The molecule has 0 unspecified atom stereocenters. The largest absolute Gasteiger partial charge is 0.381 e. The molecule has 0 saturated carbocycles. The molecule has 3 rings (SSSR count). The maximum Gasteiger partial charge on any atom is 0.273 e. The van der Waals surface area contributed by atoms with Crippen LogP contribution in [0, 0.1) is 11.3 Å². The average Bonchev–Trinajstić information content (AvgIpc) is 3.32. The van der Waals surface area contributed by atoms with E-state index in [1.165, 1.54) is 0 Å². The highest BCUT2D eigenvalue weighted by atomic mass is 35.5. The summed E-state index contributed by atoms with van der Waals surface area (Å²) in [4.78, 5) is 12.2. The van der Waals surface area contributed by atoms with E-state index in [-0.39, 0.29) is 17.4 Å². The summed E-state index contributed by atoms with van der Waals surface area (Å²) in [6.07, 6.45) is 3.24. The molecule has 2 heterocycles. The minimum absolute atomic E-state index is 0.232. The summed E-state index contributed by atoms with van der Waals surface area (Å²) in [6.45, 7) is 0.526. The number of hydrogen-bond donors (Lipinski definition) is 3. The van der Waals surface area contributed by atoms with Crippen LogP contribution in [0.5, 0.6) is 0 Å². The molecule has 144 valence electrons. The third-order valence-electron chi connectivity index (χ3n) is 4.24. The number of amides is 1. The highest BCUT2D eigenvalue weighted by Gasteiger charge is 2.13. The number of benzene rings is 1. The molecule has 0 spiro atoms. The van der Waals surface area contributed by atoms with Gasteiger partial charge in [0, 0.05) is 23.2 Å². The molecule has 1 amide bonds. The van der Waals surface area contributed by atoms with Crippen molar-refractivity contribution in [3.05, 3.63) is 52.3 Å². The minimum Gasteiger partial charge on any atom is -0.381 e. The second-order valence-corrected chi connectivity index (χ2v) is 6.66. The Morgan fingerprint density at radius 3 is 2.82 bits per heavy atom. The van der Waals surface area contributed by atoms with Gasteiger partial charge in [0.2, 0.25) is 0 Å². The number of nitrogens with one attached hydrogen (secondary N) is 2. The number of nitrogens with two attached hydrogens (primary N) is 1. The second-order valence-electron chi connectivity index (χ2n) is 6.22. The van der Waals surface area contributed by atoms with Crippen LogP contribution in [-0.2, 0) is 6.42 Å². The van der Waals surface area contributed by atoms with Crippen LogP contribution in [0.3, 0.4) is 0 Å². The van der Waals surface area contributed by atoms with Gasteiger partial charge in [0.1, 0.15) is 11.6 Å². The van der Waals surface area contributed by atoms with E-state index in [0.29, 0.717) is 29.3 Å². The zero-order chi connectivity index (χ0) is 19.9. The molecular weight excluding hydrogens is 380 g/mol. The fraction of sp³-hybridized carbons (Fsp3) is 0.263. The van der Waals surface area contributed by atoms with Crippen molar-refractivity contribution in [3.63, 3.8) is 0 Å². The van der Waals surface area contributed by atoms with Crippen LogP contribution in [0.1, 0.15) is 41.0 Å². The molecule has 3 aromatic rings. The number of aromatic nitrogens is 3. The Morgan fingerprint density at radius 2 is 2.07 bits per heavy atom. The maximum absolute atomic E-state index is 12.2. The molecule has 0 fully saturated rings. The van der Waals surface area contributed by atoms with Crippen molar-refractivity contribution in [3.8, 4) is 17.4 Å². The summed E-state index contributed by atoms with van der Waals surface area (Å²) in [5.41, 5.74) is 7.80. The molecule has 0 aliphatic heterocycles. The summed E-state index contributed by atoms with van der Waals surface area (Å²) >= 11 is 5.86. The Kier molecular flexibility index (Phi) is 6.29. The molecule has 28 heavy (non-hydrogen) atoms. The number of unbranched alkanes of at least 4 members (excludes halogenated alkanes) is 2. The summed E-state index contributed by atoms with van der Waals surface area (Å²) in [5.74, 6) is 0.460. The average molecular weight is 399 g/mol. The van der Waals surface area contributed by atoms with E-state index in [0.717, 1.165) is 30.5 Å². The van der Waals surface area contributed by atoms with Crippen molar-refractivity contribution in [2.75, 3.05) is 12.3 Å². The van der Waals surface area contributed by atoms with Gasteiger partial charge in [0.05, 0.1) is 5.69 Å². The topological polar surface area (TPSA) is 134 Å². The molecule has 0 aliphatic carbocycles. The fourth-order valence-electron chi connectivity index (χ4n) is 2.73. The molecule has 0 aliphatic rings. The van der Waals surface area contributed by atoms with Crippen molar-refractivity contribution < 1.29 is 9.32 Å². The quantitative estimate of drug-likeness (QED) is 0.498. The number of rotatable bonds is 8. The molecule has 0 bridgehead atoms. The SMILES string of the molecule is N#Cc1c(N)n[nH]c1CCCCCNC(=O)c1cc(-c2ccc(Cl)cc2)on1. The molecule has 2 aromatic heterocycles. The molecule has 0 atom stereocenters. The fourth-order valence-corrected chi connectivity index (χ4v) is 2.85. The first-order chi connectivity index (χ1) is 13.6. The number of nitriles is 1. The number of nitrogens with zero attached hydrogens (tertiary/aromatic N) is 3. The van der Waals surface area contributed by atoms with Gasteiger partial charge >= 0.3 is 0 Å². The highest BCUT2D eigenvalue weighted by Crippen LogP contribution is 2.22. The number of hydrogen-bond acceptors (Lipinski definition) is 6. The van der Waals surface area contributed by atoms with Crippen LogP contribution < -0.4 is 11.1 Å². The van der Waals surface area contributed by atoms with Crippen molar-refractivity contribution in [2.45, 2.75) is 25.7 Å². The lowest BCUT2D eigenvalue weighted by Gasteiger charge is -2.03. The van der Waals surface area contributed by atoms with Crippen molar-refractivity contribution in [2.24, 2.45) is 0 Å². The van der Waals surface area contributed by atoms with Crippen LogP contribution in [0.25, 0.3) is 11.3 Å². The Balaban J connectivity index is 1.40. The number of carbonyl (C=O) groups excluding carboxylic acids is 1. The number of aryl methyl sites for hydroxylation is 1. The van der Waals surface area contributed by atoms with E-state index in [9.17, 15) is 4.79 Å². The van der Waals surface area contributed by atoms with Gasteiger partial charge in [-0.1, -0.05) is 23.2 Å². The van der Waals surface area contributed by atoms with E-state index < -0.39 is 0 Å². The van der Waals surface area contributed by atoms with Gasteiger partial charge < -0.3 is 15.6 Å². The maximum atomic E-state index is 12.2. The van der Waals surface area contributed by atoms with Crippen LogP contribution in [0.15, 0.2) is 34.9 Å². The number of carbonyl (C=O) groups is 1. The highest BCUT2D eigenvalue weighted by molar-refractivity contribution is 6.30. The molecule has 8 nitrogen and oxygen atoms in total. The summed E-state index contributed by atoms with van der Waals surface area (Å²) < 4.78 is 5.23. The number of aromatic amines is 1. The summed E-state index contributed by atoms with van der Waals surface area (Å²) in [7, 11) is 0. The van der Waals surface area contributed by atoms with Gasteiger partial charge in [-0.15, -0.1) is 0 Å². The lowest BCUT2D eigenvalue weighted by atomic mass is 10.1. The first kappa shape index (κ1) is 19.5. The minimum atomic E-state index is -0.280. The Bertz CT molecular complexity index is 987. The standard InChI is InChI=1S/C19H19ClN6O2/c20-13-7-5-12(6-8-13)17-10-16(26-28-17)19(27)23-9-3-1-2-4-15-14(11-21)18(22)25-24-15/h5-8,10H,1-4,9H2,(H,23,27)(H3,22,24,25). The number of anilines is 1. The Morgan fingerprint density at radius 1 is 1.29 bits per heavy atom. The monoisotopic (exact) mass is 398 g/mol. The summed E-state index contributed by atoms with van der Waals surface area (Å²) in [6, 6.07) is 10.7. The molecule has 9 heteroatoms. The van der Waals surface area contributed by atoms with Crippen molar-refractivity contribution in [1.29, 1.82) is 5.26 Å².